The van der Waals surface area contributed by atoms with Crippen LogP contribution in [0.3, 0.4) is 0 Å². The highest BCUT2D eigenvalue weighted by Crippen LogP contribution is 2.53. The van der Waals surface area contributed by atoms with Crippen LogP contribution < -0.4 is 0 Å². The van der Waals surface area contributed by atoms with Gasteiger partial charge in [0.25, 0.3) is 0 Å². The minimum atomic E-state index is -0.0216. The zero-order chi connectivity index (χ0) is 23.7. The van der Waals surface area contributed by atoms with Crippen molar-refractivity contribution in [3.63, 3.8) is 0 Å². The van der Waals surface area contributed by atoms with E-state index in [0.29, 0.717) is 5.92 Å². The Balaban J connectivity index is 1.38. The molecule has 5 aromatic carbocycles. The van der Waals surface area contributed by atoms with E-state index in [-0.39, 0.29) is 5.41 Å². The van der Waals surface area contributed by atoms with Gasteiger partial charge >= 0.3 is 0 Å². The molecule has 1 unspecified atom stereocenters. The molecule has 0 saturated carbocycles. The number of rotatable bonds is 2. The number of halogens is 1. The van der Waals surface area contributed by atoms with E-state index in [0.717, 1.165) is 0 Å². The molecule has 0 bridgehead atoms. The molecule has 5 aromatic rings. The van der Waals surface area contributed by atoms with Crippen LogP contribution >= 0.6 is 15.9 Å². The SMILES string of the molecule is CC1(C)c2cc(-c3ccc4c(c3)-c3ccccc3C4c3ccccc3)ccc2-c2c(Br)cccc21. The molecule has 0 heterocycles. The monoisotopic (exact) mass is 512 g/mol. The zero-order valence-corrected chi connectivity index (χ0v) is 21.4. The van der Waals surface area contributed by atoms with Gasteiger partial charge in [0.05, 0.1) is 0 Å². The molecule has 2 aliphatic rings. The Morgan fingerprint density at radius 1 is 0.571 bits per heavy atom. The molecular weight excluding hydrogens is 488 g/mol. The highest BCUT2D eigenvalue weighted by Gasteiger charge is 2.37. The van der Waals surface area contributed by atoms with E-state index in [1.807, 2.05) is 0 Å². The van der Waals surface area contributed by atoms with Crippen molar-refractivity contribution in [3.05, 3.63) is 141 Å². The molecule has 0 spiro atoms. The van der Waals surface area contributed by atoms with Gasteiger partial charge in [0, 0.05) is 21.4 Å². The number of benzene rings is 5. The van der Waals surface area contributed by atoms with E-state index >= 15 is 0 Å². The van der Waals surface area contributed by atoms with Crippen LogP contribution in [0, 0.1) is 0 Å². The first-order chi connectivity index (χ1) is 17.0. The summed E-state index contributed by atoms with van der Waals surface area (Å²) in [7, 11) is 0. The van der Waals surface area contributed by atoms with E-state index in [2.05, 4.69) is 139 Å². The summed E-state index contributed by atoms with van der Waals surface area (Å²) in [4.78, 5) is 0. The van der Waals surface area contributed by atoms with Gasteiger partial charge in [-0.05, 0) is 73.8 Å². The fraction of sp³-hybridized carbons (Fsp3) is 0.118. The Kier molecular flexibility index (Phi) is 4.50. The normalized spacial score (nSPS) is 16.4. The lowest BCUT2D eigenvalue weighted by Crippen LogP contribution is -2.14. The van der Waals surface area contributed by atoms with Crippen molar-refractivity contribution in [2.45, 2.75) is 25.2 Å². The van der Waals surface area contributed by atoms with Gasteiger partial charge in [0.15, 0.2) is 0 Å². The average molecular weight is 513 g/mol. The topological polar surface area (TPSA) is 0 Å². The van der Waals surface area contributed by atoms with Crippen LogP contribution in [0.5, 0.6) is 0 Å². The van der Waals surface area contributed by atoms with Gasteiger partial charge < -0.3 is 0 Å². The fourth-order valence-electron chi connectivity index (χ4n) is 6.31. The molecule has 0 fully saturated rings. The van der Waals surface area contributed by atoms with Crippen LogP contribution in [0.15, 0.2) is 114 Å². The van der Waals surface area contributed by atoms with E-state index in [1.165, 1.54) is 65.7 Å². The molecule has 168 valence electrons. The second-order valence-electron chi connectivity index (χ2n) is 10.3. The maximum atomic E-state index is 3.81. The van der Waals surface area contributed by atoms with Gasteiger partial charge in [-0.3, -0.25) is 0 Å². The van der Waals surface area contributed by atoms with Gasteiger partial charge in [-0.25, -0.2) is 0 Å². The first-order valence-corrected chi connectivity index (χ1v) is 13.1. The summed E-state index contributed by atoms with van der Waals surface area (Å²) in [6.45, 7) is 4.69. The van der Waals surface area contributed by atoms with Gasteiger partial charge in [0.1, 0.15) is 0 Å². The summed E-state index contributed by atoms with van der Waals surface area (Å²) in [5.41, 5.74) is 14.9. The minimum Gasteiger partial charge on any atom is -0.0622 e. The first kappa shape index (κ1) is 20.9. The molecule has 1 heteroatoms. The Morgan fingerprint density at radius 3 is 2.14 bits per heavy atom. The van der Waals surface area contributed by atoms with Crippen molar-refractivity contribution in [1.82, 2.24) is 0 Å². The Labute approximate surface area is 215 Å². The van der Waals surface area contributed by atoms with E-state index in [4.69, 9.17) is 0 Å². The second-order valence-corrected chi connectivity index (χ2v) is 11.1. The van der Waals surface area contributed by atoms with Crippen LogP contribution in [-0.4, -0.2) is 0 Å². The largest absolute Gasteiger partial charge is 0.0622 e. The lowest BCUT2D eigenvalue weighted by molar-refractivity contribution is 0.660. The van der Waals surface area contributed by atoms with Gasteiger partial charge in [-0.2, -0.15) is 0 Å². The molecule has 1 atom stereocenters. The van der Waals surface area contributed by atoms with Crippen LogP contribution in [0.1, 0.15) is 47.6 Å². The maximum Gasteiger partial charge on any atom is 0.0352 e. The average Bonchev–Trinajstić information content (AvgIpc) is 3.34. The standard InChI is InChI=1S/C34H25Br/c1-34(2)29-13-8-14-31(35)33(29)27-18-16-23(20-30(27)34)22-15-17-26-28(19-22)24-11-6-7-12-25(24)32(26)21-9-4-3-5-10-21/h3-20,32H,1-2H3. The Bertz CT molecular complexity index is 1620. The van der Waals surface area contributed by atoms with Crippen molar-refractivity contribution < 1.29 is 0 Å². The van der Waals surface area contributed by atoms with Crippen LogP contribution in [0.25, 0.3) is 33.4 Å². The second kappa shape index (κ2) is 7.54. The number of hydrogen-bond acceptors (Lipinski definition) is 0. The molecule has 0 amide bonds. The smallest absolute Gasteiger partial charge is 0.0352 e. The molecule has 0 aliphatic heterocycles. The van der Waals surface area contributed by atoms with Crippen molar-refractivity contribution >= 4 is 15.9 Å². The van der Waals surface area contributed by atoms with Crippen LogP contribution in [-0.2, 0) is 5.41 Å². The van der Waals surface area contributed by atoms with Crippen LogP contribution in [0.4, 0.5) is 0 Å². The lowest BCUT2D eigenvalue weighted by Gasteiger charge is -2.22. The van der Waals surface area contributed by atoms with Crippen molar-refractivity contribution in [2.24, 2.45) is 0 Å². The van der Waals surface area contributed by atoms with Gasteiger partial charge in [-0.15, -0.1) is 0 Å². The predicted octanol–water partition coefficient (Wildman–Crippen LogP) is 9.58. The van der Waals surface area contributed by atoms with E-state index in [1.54, 1.807) is 0 Å². The van der Waals surface area contributed by atoms with Crippen molar-refractivity contribution in [3.8, 4) is 33.4 Å². The number of hydrogen-bond donors (Lipinski definition) is 0. The molecule has 35 heavy (non-hydrogen) atoms. The zero-order valence-electron chi connectivity index (χ0n) is 19.8. The molecule has 0 N–H and O–H groups in total. The Hall–Kier alpha value is -3.42. The summed E-state index contributed by atoms with van der Waals surface area (Å²) >= 11 is 3.81. The number of fused-ring (bicyclic) bond motifs is 6. The third-order valence-corrected chi connectivity index (χ3v) is 8.70. The van der Waals surface area contributed by atoms with Crippen molar-refractivity contribution in [1.29, 1.82) is 0 Å². The summed E-state index contributed by atoms with van der Waals surface area (Å²) in [6.07, 6.45) is 0. The van der Waals surface area contributed by atoms with Crippen molar-refractivity contribution in [2.75, 3.05) is 0 Å². The third-order valence-electron chi connectivity index (χ3n) is 8.04. The molecule has 0 radical (unpaired) electrons. The lowest BCUT2D eigenvalue weighted by atomic mass is 9.81. The Morgan fingerprint density at radius 2 is 1.29 bits per heavy atom. The first-order valence-electron chi connectivity index (χ1n) is 12.3. The molecular formula is C34H25Br. The van der Waals surface area contributed by atoms with Crippen LogP contribution in [0.2, 0.25) is 0 Å². The van der Waals surface area contributed by atoms with Gasteiger partial charge in [-0.1, -0.05) is 121 Å². The van der Waals surface area contributed by atoms with Gasteiger partial charge in [0.2, 0.25) is 0 Å². The van der Waals surface area contributed by atoms with E-state index in [9.17, 15) is 0 Å². The minimum absolute atomic E-state index is 0.0216. The molecule has 7 rings (SSSR count). The summed E-state index contributed by atoms with van der Waals surface area (Å²) in [5.74, 6) is 0.294. The summed E-state index contributed by atoms with van der Waals surface area (Å²) in [6, 6.07) is 40.5. The third kappa shape index (κ3) is 2.98. The molecule has 0 nitrogen and oxygen atoms in total. The molecule has 0 aromatic heterocycles. The summed E-state index contributed by atoms with van der Waals surface area (Å²) < 4.78 is 1.18. The predicted molar refractivity (Wildman–Crippen MR) is 150 cm³/mol. The highest BCUT2D eigenvalue weighted by atomic mass is 79.9. The highest BCUT2D eigenvalue weighted by molar-refractivity contribution is 9.10. The summed E-state index contributed by atoms with van der Waals surface area (Å²) in [5, 5.41) is 0. The quantitative estimate of drug-likeness (QED) is 0.216. The maximum absolute atomic E-state index is 3.81. The molecule has 0 saturated heterocycles. The molecule has 2 aliphatic carbocycles. The fourth-order valence-corrected chi connectivity index (χ4v) is 6.89. The van der Waals surface area contributed by atoms with E-state index < -0.39 is 0 Å².